The second kappa shape index (κ2) is 4.47. The van der Waals surface area contributed by atoms with Crippen LogP contribution in [0.2, 0.25) is 5.02 Å². The molecule has 0 radical (unpaired) electrons. The second-order valence-electron chi connectivity index (χ2n) is 3.33. The standard InChI is InChI=1S/C9H7ClN2O4S2/c1-11-18(15,16)7-2-4-6(3-5(7)10)17-9(14)12-8(4)13/h2-3,11H,1H3,(H,12,13,14). The fourth-order valence-corrected chi connectivity index (χ4v) is 3.52. The summed E-state index contributed by atoms with van der Waals surface area (Å²) in [5.41, 5.74) is -0.641. The van der Waals surface area contributed by atoms with E-state index in [0.717, 1.165) is 17.4 Å². The zero-order valence-corrected chi connectivity index (χ0v) is 11.4. The molecule has 2 aromatic rings. The van der Waals surface area contributed by atoms with E-state index in [0.29, 0.717) is 4.70 Å². The largest absolute Gasteiger partial charge is 0.307 e. The summed E-state index contributed by atoms with van der Waals surface area (Å²) in [6.45, 7) is 0. The molecule has 2 N–H and O–H groups in total. The quantitative estimate of drug-likeness (QED) is 0.845. The van der Waals surface area contributed by atoms with Crippen LogP contribution in [-0.4, -0.2) is 20.4 Å². The van der Waals surface area contributed by atoms with Gasteiger partial charge in [0.25, 0.3) is 5.56 Å². The van der Waals surface area contributed by atoms with E-state index in [1.54, 1.807) is 0 Å². The molecule has 0 saturated carbocycles. The van der Waals surface area contributed by atoms with Crippen LogP contribution >= 0.6 is 22.9 Å². The number of hydrogen-bond acceptors (Lipinski definition) is 5. The summed E-state index contributed by atoms with van der Waals surface area (Å²) in [5.74, 6) is 0. The van der Waals surface area contributed by atoms with Crippen molar-refractivity contribution in [2.24, 2.45) is 0 Å². The molecular formula is C9H7ClN2O4S2. The lowest BCUT2D eigenvalue weighted by molar-refractivity contribution is 0.588. The Bertz CT molecular complexity index is 838. The molecule has 0 atom stereocenters. The van der Waals surface area contributed by atoms with Crippen molar-refractivity contribution < 1.29 is 8.42 Å². The zero-order valence-electron chi connectivity index (χ0n) is 8.98. The van der Waals surface area contributed by atoms with Crippen molar-refractivity contribution in [2.45, 2.75) is 4.90 Å². The molecule has 0 unspecified atom stereocenters. The smallest absolute Gasteiger partial charge is 0.280 e. The van der Waals surface area contributed by atoms with Crippen LogP contribution in [0.5, 0.6) is 0 Å². The molecule has 1 aromatic heterocycles. The number of hydrogen-bond donors (Lipinski definition) is 2. The number of aromatic nitrogens is 1. The van der Waals surface area contributed by atoms with E-state index in [1.165, 1.54) is 13.1 Å². The van der Waals surface area contributed by atoms with E-state index in [9.17, 15) is 18.0 Å². The number of benzene rings is 1. The molecule has 9 heteroatoms. The van der Waals surface area contributed by atoms with Crippen LogP contribution in [0.25, 0.3) is 10.1 Å². The van der Waals surface area contributed by atoms with Crippen LogP contribution in [0.1, 0.15) is 0 Å². The lowest BCUT2D eigenvalue weighted by Gasteiger charge is -2.05. The van der Waals surface area contributed by atoms with E-state index in [4.69, 9.17) is 11.6 Å². The number of sulfonamides is 1. The third kappa shape index (κ3) is 2.19. The molecule has 6 nitrogen and oxygen atoms in total. The Morgan fingerprint density at radius 3 is 2.61 bits per heavy atom. The van der Waals surface area contributed by atoms with Crippen LogP contribution in [0.4, 0.5) is 0 Å². The SMILES string of the molecule is CNS(=O)(=O)c1cc2c(=O)[nH]c(=O)sc2cc1Cl. The summed E-state index contributed by atoms with van der Waals surface area (Å²) < 4.78 is 25.8. The van der Waals surface area contributed by atoms with E-state index >= 15 is 0 Å². The normalized spacial score (nSPS) is 11.9. The summed E-state index contributed by atoms with van der Waals surface area (Å²) >= 11 is 6.63. The fraction of sp³-hybridized carbons (Fsp3) is 0.111. The first-order chi connectivity index (χ1) is 8.35. The number of fused-ring (bicyclic) bond motifs is 1. The first-order valence-corrected chi connectivity index (χ1v) is 7.33. The zero-order chi connectivity index (χ0) is 13.5. The van der Waals surface area contributed by atoms with Gasteiger partial charge < -0.3 is 0 Å². The molecule has 0 spiro atoms. The summed E-state index contributed by atoms with van der Waals surface area (Å²) in [5, 5.41) is 0.0657. The number of H-pyrrole nitrogens is 1. The average molecular weight is 307 g/mol. The third-order valence-electron chi connectivity index (χ3n) is 2.26. The average Bonchev–Trinajstić information content (AvgIpc) is 2.27. The molecule has 0 amide bonds. The van der Waals surface area contributed by atoms with Gasteiger partial charge in [-0.25, -0.2) is 13.1 Å². The monoisotopic (exact) mass is 306 g/mol. The minimum atomic E-state index is -3.76. The number of aromatic amines is 1. The van der Waals surface area contributed by atoms with E-state index in [2.05, 4.69) is 9.71 Å². The highest BCUT2D eigenvalue weighted by molar-refractivity contribution is 7.89. The Hall–Kier alpha value is -1.22. The van der Waals surface area contributed by atoms with Crippen molar-refractivity contribution in [3.63, 3.8) is 0 Å². The van der Waals surface area contributed by atoms with Crippen molar-refractivity contribution >= 4 is 43.0 Å². The van der Waals surface area contributed by atoms with Gasteiger partial charge in [-0.2, -0.15) is 0 Å². The fourth-order valence-electron chi connectivity index (χ4n) is 1.40. The molecule has 0 saturated heterocycles. The summed E-state index contributed by atoms with van der Waals surface area (Å²) in [6, 6.07) is 2.45. The topological polar surface area (TPSA) is 96.1 Å². The van der Waals surface area contributed by atoms with Gasteiger partial charge in [0.1, 0.15) is 4.90 Å². The molecule has 0 aliphatic carbocycles. The van der Waals surface area contributed by atoms with Gasteiger partial charge in [-0.1, -0.05) is 22.9 Å². The van der Waals surface area contributed by atoms with Crippen molar-refractivity contribution in [3.8, 4) is 0 Å². The Labute approximate surface area is 110 Å². The van der Waals surface area contributed by atoms with E-state index in [-0.39, 0.29) is 15.3 Å². The predicted molar refractivity (Wildman–Crippen MR) is 70.0 cm³/mol. The number of rotatable bonds is 2. The molecule has 0 aliphatic rings. The molecule has 1 aromatic carbocycles. The van der Waals surface area contributed by atoms with Crippen molar-refractivity contribution in [1.82, 2.24) is 9.71 Å². The van der Waals surface area contributed by atoms with Gasteiger partial charge in [0.2, 0.25) is 10.0 Å². The highest BCUT2D eigenvalue weighted by Gasteiger charge is 2.18. The minimum Gasteiger partial charge on any atom is -0.280 e. The molecule has 0 bridgehead atoms. The highest BCUT2D eigenvalue weighted by atomic mass is 35.5. The van der Waals surface area contributed by atoms with Crippen LogP contribution in [-0.2, 0) is 10.0 Å². The maximum Gasteiger partial charge on any atom is 0.307 e. The lowest BCUT2D eigenvalue weighted by atomic mass is 10.3. The van der Waals surface area contributed by atoms with Crippen molar-refractivity contribution in [1.29, 1.82) is 0 Å². The van der Waals surface area contributed by atoms with Crippen LogP contribution < -0.4 is 15.2 Å². The van der Waals surface area contributed by atoms with Crippen molar-refractivity contribution in [3.05, 3.63) is 37.2 Å². The minimum absolute atomic E-state index is 0.0434. The van der Waals surface area contributed by atoms with E-state index < -0.39 is 20.5 Å². The Balaban J connectivity index is 2.94. The Kier molecular flexibility index (Phi) is 3.28. The van der Waals surface area contributed by atoms with Gasteiger partial charge in [0.15, 0.2) is 0 Å². The van der Waals surface area contributed by atoms with E-state index in [1.807, 2.05) is 0 Å². The van der Waals surface area contributed by atoms with Gasteiger partial charge in [0, 0.05) is 4.70 Å². The number of nitrogens with one attached hydrogen (secondary N) is 2. The Morgan fingerprint density at radius 1 is 1.33 bits per heavy atom. The highest BCUT2D eigenvalue weighted by Crippen LogP contribution is 2.26. The van der Waals surface area contributed by atoms with Gasteiger partial charge in [0.05, 0.1) is 10.4 Å². The lowest BCUT2D eigenvalue weighted by Crippen LogP contribution is -2.20. The predicted octanol–water partition coefficient (Wildman–Crippen LogP) is 0.511. The van der Waals surface area contributed by atoms with Gasteiger partial charge in [-0.05, 0) is 19.2 Å². The summed E-state index contributed by atoms with van der Waals surface area (Å²) in [6.07, 6.45) is 0. The molecule has 0 aliphatic heterocycles. The first-order valence-electron chi connectivity index (χ1n) is 4.65. The second-order valence-corrected chi connectivity index (χ2v) is 6.61. The van der Waals surface area contributed by atoms with Crippen LogP contribution in [0.3, 0.4) is 0 Å². The molecule has 18 heavy (non-hydrogen) atoms. The molecule has 0 fully saturated rings. The molecule has 96 valence electrons. The molecule has 2 rings (SSSR count). The van der Waals surface area contributed by atoms with Crippen molar-refractivity contribution in [2.75, 3.05) is 7.05 Å². The first kappa shape index (κ1) is 13.2. The molecular weight excluding hydrogens is 300 g/mol. The number of halogens is 1. The maximum absolute atomic E-state index is 11.7. The molecule has 1 heterocycles. The van der Waals surface area contributed by atoms with Gasteiger partial charge >= 0.3 is 4.87 Å². The van der Waals surface area contributed by atoms with Gasteiger partial charge in [-0.3, -0.25) is 14.6 Å². The van der Waals surface area contributed by atoms with Gasteiger partial charge in [-0.15, -0.1) is 0 Å². The summed E-state index contributed by atoms with van der Waals surface area (Å²) in [7, 11) is -2.52. The maximum atomic E-state index is 11.7. The summed E-state index contributed by atoms with van der Waals surface area (Å²) in [4.78, 5) is 24.1. The Morgan fingerprint density at radius 2 is 2.00 bits per heavy atom. The third-order valence-corrected chi connectivity index (χ3v) is 4.98. The van der Waals surface area contributed by atoms with Crippen LogP contribution in [0.15, 0.2) is 26.6 Å². The van der Waals surface area contributed by atoms with Crippen LogP contribution in [0, 0.1) is 0 Å².